The Morgan fingerprint density at radius 2 is 1.91 bits per heavy atom. The van der Waals surface area contributed by atoms with Crippen molar-refractivity contribution in [3.63, 3.8) is 0 Å². The number of nitrogens with zero attached hydrogens (tertiary/aromatic N) is 1. The molecule has 114 valence electrons. The van der Waals surface area contributed by atoms with E-state index in [1.807, 2.05) is 55.5 Å². The van der Waals surface area contributed by atoms with Gasteiger partial charge in [0.2, 0.25) is 5.89 Å². The number of hydrogen-bond acceptors (Lipinski definition) is 4. The van der Waals surface area contributed by atoms with Gasteiger partial charge in [-0.1, -0.05) is 12.1 Å². The molecule has 0 spiro atoms. The van der Waals surface area contributed by atoms with E-state index in [4.69, 9.17) is 9.15 Å². The number of para-hydroxylation sites is 1. The van der Waals surface area contributed by atoms with E-state index in [1.165, 1.54) is 0 Å². The molecule has 2 aromatic carbocycles. The molecule has 0 aliphatic heterocycles. The van der Waals surface area contributed by atoms with Gasteiger partial charge in [-0.2, -0.15) is 0 Å². The van der Waals surface area contributed by atoms with Crippen LogP contribution in [0.15, 0.2) is 57.7 Å². The maximum atomic E-state index is 12.2. The molecule has 0 saturated heterocycles. The summed E-state index contributed by atoms with van der Waals surface area (Å²) in [5.41, 5.74) is 2.10. The second-order valence-corrected chi connectivity index (χ2v) is 5.15. The zero-order valence-electron chi connectivity index (χ0n) is 12.5. The van der Waals surface area contributed by atoms with Crippen molar-refractivity contribution in [1.29, 1.82) is 0 Å². The van der Waals surface area contributed by atoms with Gasteiger partial charge in [-0.25, -0.2) is 4.98 Å². The monoisotopic (exact) mass is 306 g/mol. The highest BCUT2D eigenvalue weighted by molar-refractivity contribution is 6.00. The summed E-state index contributed by atoms with van der Waals surface area (Å²) in [6.45, 7) is 2.55. The minimum Gasteiger partial charge on any atom is -0.494 e. The molecule has 0 aliphatic carbocycles. The van der Waals surface area contributed by atoms with Gasteiger partial charge in [0.25, 0.3) is 5.56 Å². The Bertz CT molecular complexity index is 1050. The summed E-state index contributed by atoms with van der Waals surface area (Å²) in [4.78, 5) is 19.4. The third kappa shape index (κ3) is 2.26. The van der Waals surface area contributed by atoms with Crippen LogP contribution in [0.3, 0.4) is 0 Å². The Morgan fingerprint density at radius 1 is 1.13 bits per heavy atom. The van der Waals surface area contributed by atoms with Gasteiger partial charge < -0.3 is 14.1 Å². The normalized spacial score (nSPS) is 11.2. The van der Waals surface area contributed by atoms with E-state index >= 15 is 0 Å². The van der Waals surface area contributed by atoms with Crippen molar-refractivity contribution >= 4 is 22.0 Å². The van der Waals surface area contributed by atoms with Crippen molar-refractivity contribution < 1.29 is 9.15 Å². The van der Waals surface area contributed by atoms with E-state index in [9.17, 15) is 4.79 Å². The predicted octanol–water partition coefficient (Wildman–Crippen LogP) is 3.74. The van der Waals surface area contributed by atoms with Crippen LogP contribution in [0.1, 0.15) is 6.92 Å². The van der Waals surface area contributed by atoms with Gasteiger partial charge in [-0.05, 0) is 43.3 Å². The van der Waals surface area contributed by atoms with Crippen molar-refractivity contribution in [3.05, 3.63) is 58.9 Å². The molecule has 4 aromatic rings. The van der Waals surface area contributed by atoms with Crippen LogP contribution in [-0.2, 0) is 0 Å². The highest BCUT2D eigenvalue weighted by atomic mass is 16.5. The Kier molecular flexibility index (Phi) is 3.12. The second-order valence-electron chi connectivity index (χ2n) is 5.15. The number of aromatic amines is 1. The number of H-pyrrole nitrogens is 1. The molecule has 0 bridgehead atoms. The van der Waals surface area contributed by atoms with Crippen LogP contribution in [0.4, 0.5) is 0 Å². The van der Waals surface area contributed by atoms with E-state index in [1.54, 1.807) is 0 Å². The molecule has 0 radical (unpaired) electrons. The van der Waals surface area contributed by atoms with E-state index < -0.39 is 0 Å². The number of oxazole rings is 1. The predicted molar refractivity (Wildman–Crippen MR) is 88.7 cm³/mol. The molecule has 0 saturated carbocycles. The minimum atomic E-state index is -0.250. The zero-order valence-corrected chi connectivity index (χ0v) is 12.5. The van der Waals surface area contributed by atoms with Crippen molar-refractivity contribution in [2.75, 3.05) is 6.61 Å². The lowest BCUT2D eigenvalue weighted by Crippen LogP contribution is -2.05. The molecule has 0 atom stereocenters. The van der Waals surface area contributed by atoms with Gasteiger partial charge in [0, 0.05) is 10.9 Å². The number of nitrogens with one attached hydrogen (secondary N) is 1. The molecule has 5 heteroatoms. The summed E-state index contributed by atoms with van der Waals surface area (Å²) in [5.74, 6) is 1.21. The van der Waals surface area contributed by atoms with Gasteiger partial charge in [-0.15, -0.1) is 0 Å². The number of benzene rings is 2. The maximum absolute atomic E-state index is 12.2. The molecular formula is C18H14N2O3. The average Bonchev–Trinajstić information content (AvgIpc) is 3.02. The molecule has 0 fully saturated rings. The summed E-state index contributed by atoms with van der Waals surface area (Å²) in [6, 6.07) is 15.0. The number of aromatic nitrogens is 2. The summed E-state index contributed by atoms with van der Waals surface area (Å²) in [5, 5.41) is 0.840. The fourth-order valence-corrected chi connectivity index (χ4v) is 2.61. The van der Waals surface area contributed by atoms with Gasteiger partial charge >= 0.3 is 0 Å². The van der Waals surface area contributed by atoms with Gasteiger partial charge in [0.1, 0.15) is 5.75 Å². The number of hydrogen-bond donors (Lipinski definition) is 1. The molecule has 2 aromatic heterocycles. The van der Waals surface area contributed by atoms with Crippen molar-refractivity contribution in [1.82, 2.24) is 9.97 Å². The Hall–Kier alpha value is -3.08. The first-order valence-electron chi connectivity index (χ1n) is 7.41. The van der Waals surface area contributed by atoms with Crippen LogP contribution < -0.4 is 10.3 Å². The van der Waals surface area contributed by atoms with Crippen LogP contribution in [0.2, 0.25) is 0 Å². The first-order chi connectivity index (χ1) is 11.3. The molecule has 23 heavy (non-hydrogen) atoms. The number of rotatable bonds is 3. The Morgan fingerprint density at radius 3 is 2.70 bits per heavy atom. The molecule has 5 nitrogen and oxygen atoms in total. The Balaban J connectivity index is 1.90. The topological polar surface area (TPSA) is 68.1 Å². The second kappa shape index (κ2) is 5.28. The first-order valence-corrected chi connectivity index (χ1v) is 7.41. The summed E-state index contributed by atoms with van der Waals surface area (Å²) >= 11 is 0. The fraction of sp³-hybridized carbons (Fsp3) is 0.111. The van der Waals surface area contributed by atoms with Crippen molar-refractivity contribution in [2.45, 2.75) is 6.92 Å². The number of ether oxygens (including phenoxy) is 1. The van der Waals surface area contributed by atoms with E-state index in [2.05, 4.69) is 9.97 Å². The fourth-order valence-electron chi connectivity index (χ4n) is 2.61. The zero-order chi connectivity index (χ0) is 15.8. The van der Waals surface area contributed by atoms with Crippen molar-refractivity contribution in [2.24, 2.45) is 0 Å². The summed E-state index contributed by atoms with van der Waals surface area (Å²) < 4.78 is 11.3. The molecule has 2 heterocycles. The van der Waals surface area contributed by atoms with Crippen molar-refractivity contribution in [3.8, 4) is 17.2 Å². The first kappa shape index (κ1) is 13.6. The maximum Gasteiger partial charge on any atom is 0.278 e. The number of pyridine rings is 1. The quantitative estimate of drug-likeness (QED) is 0.626. The standard InChI is InChI=1S/C18H14N2O3/c1-2-22-12-9-7-11(8-10-12)18-20-15-16(23-18)13-5-3-4-6-14(13)19-17(15)21/h3-10H,2H2,1H3,(H,19,21). The summed E-state index contributed by atoms with van der Waals surface area (Å²) in [6.07, 6.45) is 0. The minimum absolute atomic E-state index is 0.250. The Labute approximate surface area is 131 Å². The molecule has 1 N–H and O–H groups in total. The lowest BCUT2D eigenvalue weighted by molar-refractivity contribution is 0.340. The van der Waals surface area contributed by atoms with Crippen LogP contribution >= 0.6 is 0 Å². The largest absolute Gasteiger partial charge is 0.494 e. The number of fused-ring (bicyclic) bond motifs is 3. The smallest absolute Gasteiger partial charge is 0.278 e. The van der Waals surface area contributed by atoms with E-state index in [0.717, 1.165) is 22.2 Å². The molecule has 0 amide bonds. The average molecular weight is 306 g/mol. The van der Waals surface area contributed by atoms with Gasteiger partial charge in [0.15, 0.2) is 11.1 Å². The molecule has 4 rings (SSSR count). The van der Waals surface area contributed by atoms with Crippen LogP contribution in [-0.4, -0.2) is 16.6 Å². The molecule has 0 aliphatic rings. The highest BCUT2D eigenvalue weighted by Gasteiger charge is 2.14. The molecule has 0 unspecified atom stereocenters. The SMILES string of the molecule is CCOc1ccc(-c2nc3c(=O)[nH]c4ccccc4c3o2)cc1. The van der Waals surface area contributed by atoms with Gasteiger partial charge in [0.05, 0.1) is 12.1 Å². The lowest BCUT2D eigenvalue weighted by atomic mass is 10.2. The van der Waals surface area contributed by atoms with E-state index in [-0.39, 0.29) is 5.56 Å². The van der Waals surface area contributed by atoms with Gasteiger partial charge in [-0.3, -0.25) is 4.79 Å². The van der Waals surface area contributed by atoms with Crippen LogP contribution in [0.5, 0.6) is 5.75 Å². The van der Waals surface area contributed by atoms with Crippen LogP contribution in [0.25, 0.3) is 33.5 Å². The third-order valence-corrected chi connectivity index (χ3v) is 3.67. The lowest BCUT2D eigenvalue weighted by Gasteiger charge is -2.02. The highest BCUT2D eigenvalue weighted by Crippen LogP contribution is 2.28. The van der Waals surface area contributed by atoms with E-state index in [0.29, 0.717) is 23.6 Å². The summed E-state index contributed by atoms with van der Waals surface area (Å²) in [7, 11) is 0. The van der Waals surface area contributed by atoms with Crippen LogP contribution in [0, 0.1) is 0 Å². The molecular weight excluding hydrogens is 292 g/mol. The third-order valence-electron chi connectivity index (χ3n) is 3.67.